The molecular weight excluding hydrogens is 457 g/mol. The molecule has 0 N–H and O–H groups in total. The molecule has 0 radical (unpaired) electrons. The lowest BCUT2D eigenvalue weighted by molar-refractivity contribution is -0.598. The second-order valence-electron chi connectivity index (χ2n) is 9.23. The summed E-state index contributed by atoms with van der Waals surface area (Å²) in [6.45, 7) is 5.37. The maximum Gasteiger partial charge on any atom is 0.443 e. The van der Waals surface area contributed by atoms with Crippen molar-refractivity contribution in [1.29, 1.82) is 0 Å². The van der Waals surface area contributed by atoms with E-state index in [9.17, 15) is 13.2 Å². The van der Waals surface area contributed by atoms with E-state index in [0.717, 1.165) is 19.3 Å². The van der Waals surface area contributed by atoms with Crippen LogP contribution in [0.1, 0.15) is 59.3 Å². The molecular formula is C20H30BrF3O5. The molecule has 5 rings (SSSR count). The van der Waals surface area contributed by atoms with Crippen molar-refractivity contribution < 1.29 is 37.2 Å². The van der Waals surface area contributed by atoms with Gasteiger partial charge in [0.25, 0.3) is 5.79 Å². The molecule has 0 amide bonds. The maximum atomic E-state index is 14.5. The van der Waals surface area contributed by atoms with Gasteiger partial charge in [0.2, 0.25) is 5.79 Å². The van der Waals surface area contributed by atoms with Gasteiger partial charge in [0, 0.05) is 23.6 Å². The van der Waals surface area contributed by atoms with Crippen molar-refractivity contribution in [3.8, 4) is 0 Å². The summed E-state index contributed by atoms with van der Waals surface area (Å²) < 4.78 is 60.8. The molecule has 168 valence electrons. The molecule has 5 aliphatic rings. The summed E-state index contributed by atoms with van der Waals surface area (Å²) >= 11 is 3.30. The highest BCUT2D eigenvalue weighted by Gasteiger charge is 2.77. The van der Waals surface area contributed by atoms with Crippen molar-refractivity contribution in [3.63, 3.8) is 0 Å². The van der Waals surface area contributed by atoms with Gasteiger partial charge >= 0.3 is 6.18 Å². The molecule has 1 spiro atoms. The van der Waals surface area contributed by atoms with E-state index in [1.54, 1.807) is 13.8 Å². The quantitative estimate of drug-likeness (QED) is 0.299. The zero-order chi connectivity index (χ0) is 21.1. The van der Waals surface area contributed by atoms with Gasteiger partial charge in [-0.3, -0.25) is 0 Å². The van der Waals surface area contributed by atoms with E-state index in [-0.39, 0.29) is 18.4 Å². The zero-order valence-electron chi connectivity index (χ0n) is 17.1. The molecule has 8 unspecified atom stereocenters. The van der Waals surface area contributed by atoms with Gasteiger partial charge in [-0.15, -0.1) is 0 Å². The standard InChI is InChI=1S/C20H30BrF3O5/c1-12-6-7-15-13(2)19(20(22,23)24,25-11-5-4-10-21)27-16-18(15)14(12)8-9-17(3,26-16)28-29-18/h12-16H,4-11H2,1-3H3. The third-order valence-corrected chi connectivity index (χ3v) is 8.06. The monoisotopic (exact) mass is 486 g/mol. The average molecular weight is 487 g/mol. The fraction of sp³-hybridized carbons (Fsp3) is 1.00. The number of unbranched alkanes of at least 4 members (excludes halogenated alkanes) is 1. The Hall–Kier alpha value is 0.0700. The summed E-state index contributed by atoms with van der Waals surface area (Å²) in [6.07, 6.45) is -1.90. The predicted molar refractivity (Wildman–Crippen MR) is 101 cm³/mol. The number of hydrogen-bond donors (Lipinski definition) is 0. The van der Waals surface area contributed by atoms with E-state index in [4.69, 9.17) is 24.0 Å². The summed E-state index contributed by atoms with van der Waals surface area (Å²) in [5.74, 6) is -4.93. The first-order valence-corrected chi connectivity index (χ1v) is 11.7. The summed E-state index contributed by atoms with van der Waals surface area (Å²) in [4.78, 5) is 11.6. The van der Waals surface area contributed by atoms with Crippen LogP contribution in [0.4, 0.5) is 13.2 Å². The molecule has 9 heteroatoms. The minimum absolute atomic E-state index is 0.0117. The Morgan fingerprint density at radius 2 is 1.79 bits per heavy atom. The van der Waals surface area contributed by atoms with E-state index in [0.29, 0.717) is 24.6 Å². The minimum atomic E-state index is -4.70. The Morgan fingerprint density at radius 3 is 2.48 bits per heavy atom. The zero-order valence-corrected chi connectivity index (χ0v) is 18.7. The second-order valence-corrected chi connectivity index (χ2v) is 10.0. The van der Waals surface area contributed by atoms with E-state index < -0.39 is 41.5 Å². The lowest BCUT2D eigenvalue weighted by Gasteiger charge is -2.62. The minimum Gasteiger partial charge on any atom is -0.342 e. The normalized spacial score (nSPS) is 49.6. The van der Waals surface area contributed by atoms with Gasteiger partial charge in [0.05, 0.1) is 6.61 Å². The van der Waals surface area contributed by atoms with Gasteiger partial charge in [-0.25, -0.2) is 9.78 Å². The number of hydrogen-bond acceptors (Lipinski definition) is 5. The number of ether oxygens (including phenoxy) is 3. The molecule has 8 atom stereocenters. The van der Waals surface area contributed by atoms with Gasteiger partial charge in [0.15, 0.2) is 11.9 Å². The van der Waals surface area contributed by atoms with Crippen molar-refractivity contribution in [2.75, 3.05) is 11.9 Å². The molecule has 1 aliphatic carbocycles. The molecule has 0 aromatic carbocycles. The smallest absolute Gasteiger partial charge is 0.342 e. The Balaban J connectivity index is 1.74. The van der Waals surface area contributed by atoms with Crippen molar-refractivity contribution >= 4 is 15.9 Å². The number of halogens is 4. The summed E-state index contributed by atoms with van der Waals surface area (Å²) in [7, 11) is 0. The second kappa shape index (κ2) is 7.59. The van der Waals surface area contributed by atoms with Gasteiger partial charge < -0.3 is 14.2 Å². The van der Waals surface area contributed by atoms with E-state index >= 15 is 0 Å². The van der Waals surface area contributed by atoms with Crippen molar-refractivity contribution in [2.45, 2.75) is 88.9 Å². The highest BCUT2D eigenvalue weighted by atomic mass is 79.9. The lowest BCUT2D eigenvalue weighted by atomic mass is 9.57. The van der Waals surface area contributed by atoms with Gasteiger partial charge in [0.1, 0.15) is 0 Å². The highest BCUT2D eigenvalue weighted by molar-refractivity contribution is 9.09. The Bertz CT molecular complexity index is 621. The van der Waals surface area contributed by atoms with Crippen LogP contribution in [0, 0.1) is 23.7 Å². The molecule has 0 aromatic heterocycles. The Labute approximate surface area is 178 Å². The summed E-state index contributed by atoms with van der Waals surface area (Å²) in [5, 5.41) is 0.715. The first-order valence-electron chi connectivity index (χ1n) is 10.6. The predicted octanol–water partition coefficient (Wildman–Crippen LogP) is 5.32. The Kier molecular flexibility index (Phi) is 5.83. The third-order valence-electron chi connectivity index (χ3n) is 7.50. The van der Waals surface area contributed by atoms with Crippen LogP contribution in [0.15, 0.2) is 0 Å². The number of alkyl halides is 4. The molecule has 0 aromatic rings. The molecule has 5 nitrogen and oxygen atoms in total. The maximum absolute atomic E-state index is 14.5. The summed E-state index contributed by atoms with van der Waals surface area (Å²) in [5.41, 5.74) is -1.04. The van der Waals surface area contributed by atoms with Crippen LogP contribution >= 0.6 is 15.9 Å². The molecule has 4 aliphatic heterocycles. The molecule has 4 saturated heterocycles. The van der Waals surface area contributed by atoms with Gasteiger partial charge in [-0.1, -0.05) is 29.8 Å². The summed E-state index contributed by atoms with van der Waals surface area (Å²) in [6, 6.07) is 0. The van der Waals surface area contributed by atoms with Crippen LogP contribution in [0.2, 0.25) is 0 Å². The van der Waals surface area contributed by atoms with Crippen LogP contribution in [0.3, 0.4) is 0 Å². The van der Waals surface area contributed by atoms with E-state index in [2.05, 4.69) is 22.9 Å². The number of rotatable bonds is 5. The topological polar surface area (TPSA) is 46.2 Å². The van der Waals surface area contributed by atoms with Gasteiger partial charge in [-0.2, -0.15) is 13.2 Å². The third kappa shape index (κ3) is 3.30. The molecule has 4 heterocycles. The largest absolute Gasteiger partial charge is 0.443 e. The van der Waals surface area contributed by atoms with Crippen LogP contribution < -0.4 is 0 Å². The fourth-order valence-corrected chi connectivity index (χ4v) is 6.31. The molecule has 29 heavy (non-hydrogen) atoms. The first-order chi connectivity index (χ1) is 13.6. The lowest BCUT2D eigenvalue weighted by Crippen LogP contribution is -2.76. The van der Waals surface area contributed by atoms with Crippen molar-refractivity contribution in [2.24, 2.45) is 23.7 Å². The number of fused-ring (bicyclic) bond motifs is 2. The van der Waals surface area contributed by atoms with Crippen LogP contribution in [-0.4, -0.2) is 41.6 Å². The molecule has 5 fully saturated rings. The van der Waals surface area contributed by atoms with Gasteiger partial charge in [-0.05, 0) is 50.9 Å². The Morgan fingerprint density at radius 1 is 1.03 bits per heavy atom. The SMILES string of the molecule is CC1CCC2C(C)C(OCCCCBr)(C(F)(F)F)OC3OC4(C)CCC1C32OO4. The molecule has 1 saturated carbocycles. The van der Waals surface area contributed by atoms with Crippen molar-refractivity contribution in [1.82, 2.24) is 0 Å². The van der Waals surface area contributed by atoms with Crippen molar-refractivity contribution in [3.05, 3.63) is 0 Å². The van der Waals surface area contributed by atoms with Crippen LogP contribution in [0.25, 0.3) is 0 Å². The molecule has 2 bridgehead atoms. The van der Waals surface area contributed by atoms with E-state index in [1.165, 1.54) is 0 Å². The van der Waals surface area contributed by atoms with E-state index in [1.807, 2.05) is 0 Å². The fourth-order valence-electron chi connectivity index (χ4n) is 5.91. The van der Waals surface area contributed by atoms with Crippen LogP contribution in [-0.2, 0) is 24.0 Å². The first kappa shape index (κ1) is 22.3. The highest BCUT2D eigenvalue weighted by Crippen LogP contribution is 2.64. The average Bonchev–Trinajstić information content (AvgIpc) is 2.88. The van der Waals surface area contributed by atoms with Crippen LogP contribution in [0.5, 0.6) is 0 Å².